The van der Waals surface area contributed by atoms with Crippen molar-refractivity contribution in [2.75, 3.05) is 11.5 Å². The van der Waals surface area contributed by atoms with Gasteiger partial charge in [0, 0.05) is 23.7 Å². The molecule has 1 saturated heterocycles. The number of aromatic nitrogens is 2. The van der Waals surface area contributed by atoms with Crippen molar-refractivity contribution in [3.05, 3.63) is 18.2 Å². The first kappa shape index (κ1) is 8.17. The average Bonchev–Trinajstić information content (AvgIpc) is 2.74. The minimum absolute atomic E-state index is 0.715. The van der Waals surface area contributed by atoms with E-state index in [-0.39, 0.29) is 0 Å². The van der Waals surface area contributed by atoms with Crippen LogP contribution in [0.4, 0.5) is 0 Å². The van der Waals surface area contributed by atoms with Crippen molar-refractivity contribution in [3.8, 4) is 0 Å². The molecule has 0 saturated carbocycles. The van der Waals surface area contributed by atoms with Gasteiger partial charge in [0.1, 0.15) is 0 Å². The minimum atomic E-state index is 0.715. The molecule has 2 heterocycles. The molecule has 0 radical (unpaired) electrons. The zero-order valence-corrected chi connectivity index (χ0v) is 8.18. The molecule has 0 aliphatic carbocycles. The first-order valence-corrected chi connectivity index (χ1v) is 5.65. The highest BCUT2D eigenvalue weighted by molar-refractivity contribution is 7.99. The van der Waals surface area contributed by atoms with E-state index in [1.54, 1.807) is 0 Å². The van der Waals surface area contributed by atoms with Crippen molar-refractivity contribution in [3.63, 3.8) is 0 Å². The molecule has 1 aliphatic heterocycles. The Morgan fingerprint density at radius 2 is 2.67 bits per heavy atom. The highest BCUT2D eigenvalue weighted by atomic mass is 32.2. The van der Waals surface area contributed by atoms with E-state index in [2.05, 4.69) is 28.2 Å². The Labute approximate surface area is 77.4 Å². The van der Waals surface area contributed by atoms with Crippen LogP contribution in [0.1, 0.15) is 25.1 Å². The van der Waals surface area contributed by atoms with Gasteiger partial charge < -0.3 is 4.57 Å². The van der Waals surface area contributed by atoms with Crippen LogP contribution in [0.5, 0.6) is 0 Å². The number of hydrogen-bond acceptors (Lipinski definition) is 2. The van der Waals surface area contributed by atoms with E-state index in [0.717, 1.165) is 6.42 Å². The number of thioether (sulfide) groups is 1. The summed E-state index contributed by atoms with van der Waals surface area (Å²) in [4.78, 5) is 4.19. The van der Waals surface area contributed by atoms with Gasteiger partial charge in [-0.2, -0.15) is 11.8 Å². The predicted octanol–water partition coefficient (Wildman–Crippen LogP) is 2.12. The summed E-state index contributed by atoms with van der Waals surface area (Å²) in [6.07, 6.45) is 6.38. The quantitative estimate of drug-likeness (QED) is 0.697. The zero-order chi connectivity index (χ0) is 8.39. The van der Waals surface area contributed by atoms with Crippen molar-refractivity contribution in [1.29, 1.82) is 0 Å². The SMILES string of the molecule is CCc1cncn1C1CCSC1. The Kier molecular flexibility index (Phi) is 2.40. The van der Waals surface area contributed by atoms with E-state index < -0.39 is 0 Å². The highest BCUT2D eigenvalue weighted by Gasteiger charge is 2.18. The van der Waals surface area contributed by atoms with Crippen LogP contribution in [0, 0.1) is 0 Å². The molecule has 0 amide bonds. The van der Waals surface area contributed by atoms with E-state index in [1.807, 2.05) is 12.5 Å². The summed E-state index contributed by atoms with van der Waals surface area (Å²) in [7, 11) is 0. The van der Waals surface area contributed by atoms with Crippen LogP contribution in [0.15, 0.2) is 12.5 Å². The molecule has 3 heteroatoms. The Hall–Kier alpha value is -0.440. The van der Waals surface area contributed by atoms with Crippen molar-refractivity contribution in [2.45, 2.75) is 25.8 Å². The molecule has 1 fully saturated rings. The van der Waals surface area contributed by atoms with E-state index in [0.29, 0.717) is 6.04 Å². The van der Waals surface area contributed by atoms with Crippen molar-refractivity contribution in [2.24, 2.45) is 0 Å². The molecule has 66 valence electrons. The lowest BCUT2D eigenvalue weighted by Crippen LogP contribution is -2.09. The van der Waals surface area contributed by atoms with Crippen LogP contribution >= 0.6 is 11.8 Å². The third-order valence-corrected chi connectivity index (χ3v) is 3.55. The largest absolute Gasteiger partial charge is 0.331 e. The van der Waals surface area contributed by atoms with Crippen LogP contribution in [0.3, 0.4) is 0 Å². The molecule has 2 rings (SSSR count). The fraction of sp³-hybridized carbons (Fsp3) is 0.667. The van der Waals surface area contributed by atoms with Gasteiger partial charge in [-0.25, -0.2) is 4.98 Å². The summed E-state index contributed by atoms with van der Waals surface area (Å²) < 4.78 is 2.35. The molecule has 1 aromatic rings. The van der Waals surface area contributed by atoms with Gasteiger partial charge in [-0.3, -0.25) is 0 Å². The van der Waals surface area contributed by atoms with Crippen molar-refractivity contribution in [1.82, 2.24) is 9.55 Å². The third-order valence-electron chi connectivity index (χ3n) is 2.41. The van der Waals surface area contributed by atoms with Crippen LogP contribution in [-0.2, 0) is 6.42 Å². The Morgan fingerprint density at radius 3 is 3.33 bits per heavy atom. The van der Waals surface area contributed by atoms with Crippen LogP contribution in [0.25, 0.3) is 0 Å². The first-order valence-electron chi connectivity index (χ1n) is 4.50. The average molecular weight is 182 g/mol. The van der Waals surface area contributed by atoms with Crippen LogP contribution in [-0.4, -0.2) is 21.1 Å². The maximum Gasteiger partial charge on any atom is 0.0951 e. The second-order valence-electron chi connectivity index (χ2n) is 3.16. The first-order chi connectivity index (χ1) is 5.92. The van der Waals surface area contributed by atoms with Gasteiger partial charge in [-0.15, -0.1) is 0 Å². The lowest BCUT2D eigenvalue weighted by atomic mass is 10.2. The summed E-state index contributed by atoms with van der Waals surface area (Å²) in [5, 5.41) is 0. The minimum Gasteiger partial charge on any atom is -0.331 e. The molecule has 1 aliphatic rings. The maximum absolute atomic E-state index is 4.19. The molecule has 2 nitrogen and oxygen atoms in total. The molecule has 0 bridgehead atoms. The molecule has 1 atom stereocenters. The summed E-state index contributed by atoms with van der Waals surface area (Å²) in [6.45, 7) is 2.19. The van der Waals surface area contributed by atoms with E-state index >= 15 is 0 Å². The van der Waals surface area contributed by atoms with Gasteiger partial charge in [0.25, 0.3) is 0 Å². The molecular weight excluding hydrogens is 168 g/mol. The molecule has 0 N–H and O–H groups in total. The normalized spacial score (nSPS) is 23.2. The van der Waals surface area contributed by atoms with Crippen LogP contribution in [0.2, 0.25) is 0 Å². The summed E-state index contributed by atoms with van der Waals surface area (Å²) in [6, 6.07) is 0.715. The lowest BCUT2D eigenvalue weighted by molar-refractivity contribution is 0.541. The summed E-state index contributed by atoms with van der Waals surface area (Å²) in [5.41, 5.74) is 1.38. The van der Waals surface area contributed by atoms with E-state index in [4.69, 9.17) is 0 Å². The number of aryl methyl sites for hydroxylation is 1. The smallest absolute Gasteiger partial charge is 0.0951 e. The highest BCUT2D eigenvalue weighted by Crippen LogP contribution is 2.28. The molecule has 1 unspecified atom stereocenters. The molecule has 0 spiro atoms. The number of rotatable bonds is 2. The molecule has 0 aromatic carbocycles. The number of hydrogen-bond donors (Lipinski definition) is 0. The van der Waals surface area contributed by atoms with E-state index in [1.165, 1.54) is 23.6 Å². The topological polar surface area (TPSA) is 17.8 Å². The van der Waals surface area contributed by atoms with Crippen molar-refractivity contribution >= 4 is 11.8 Å². The second-order valence-corrected chi connectivity index (χ2v) is 4.31. The second kappa shape index (κ2) is 3.52. The van der Waals surface area contributed by atoms with Gasteiger partial charge in [0.15, 0.2) is 0 Å². The lowest BCUT2D eigenvalue weighted by Gasteiger charge is -2.12. The van der Waals surface area contributed by atoms with Gasteiger partial charge in [-0.1, -0.05) is 6.92 Å². The Morgan fingerprint density at radius 1 is 1.75 bits per heavy atom. The third kappa shape index (κ3) is 1.38. The maximum atomic E-state index is 4.19. The Balaban J connectivity index is 2.19. The summed E-state index contributed by atoms with van der Waals surface area (Å²) in [5.74, 6) is 2.58. The zero-order valence-electron chi connectivity index (χ0n) is 7.36. The van der Waals surface area contributed by atoms with Gasteiger partial charge >= 0.3 is 0 Å². The van der Waals surface area contributed by atoms with Crippen molar-refractivity contribution < 1.29 is 0 Å². The standard InChI is InChI=1S/C9H14N2S/c1-2-8-5-10-7-11(8)9-3-4-12-6-9/h5,7,9H,2-4,6H2,1H3. The van der Waals surface area contributed by atoms with Crippen LogP contribution < -0.4 is 0 Å². The van der Waals surface area contributed by atoms with Gasteiger partial charge in [0.05, 0.1) is 6.33 Å². The molecular formula is C9H14N2S. The van der Waals surface area contributed by atoms with Gasteiger partial charge in [0.2, 0.25) is 0 Å². The summed E-state index contributed by atoms with van der Waals surface area (Å²) >= 11 is 2.05. The van der Waals surface area contributed by atoms with E-state index in [9.17, 15) is 0 Å². The fourth-order valence-electron chi connectivity index (χ4n) is 1.68. The predicted molar refractivity (Wildman–Crippen MR) is 52.6 cm³/mol. The number of imidazole rings is 1. The Bertz CT molecular complexity index is 251. The number of nitrogens with zero attached hydrogens (tertiary/aromatic N) is 2. The molecule has 1 aromatic heterocycles. The van der Waals surface area contributed by atoms with Gasteiger partial charge in [-0.05, 0) is 18.6 Å². The monoisotopic (exact) mass is 182 g/mol. The fourth-order valence-corrected chi connectivity index (χ4v) is 2.88. The molecule has 12 heavy (non-hydrogen) atoms.